The van der Waals surface area contributed by atoms with Crippen molar-refractivity contribution in [1.82, 2.24) is 14.6 Å². The fourth-order valence-corrected chi connectivity index (χ4v) is 4.63. The molecule has 1 aliphatic heterocycles. The quantitative estimate of drug-likeness (QED) is 0.313. The zero-order valence-corrected chi connectivity index (χ0v) is 20.8. The van der Waals surface area contributed by atoms with E-state index >= 15 is 0 Å². The van der Waals surface area contributed by atoms with Crippen LogP contribution in [0.5, 0.6) is 22.4 Å². The third kappa shape index (κ3) is 4.72. The van der Waals surface area contributed by atoms with Gasteiger partial charge in [0.15, 0.2) is 0 Å². The lowest BCUT2D eigenvalue weighted by Gasteiger charge is -2.12. The Labute approximate surface area is 207 Å². The fraction of sp³-hybridized carbons (Fsp3) is 0.269. The highest BCUT2D eigenvalue weighted by Gasteiger charge is 2.31. The maximum absolute atomic E-state index is 6.25. The molecule has 0 aliphatic carbocycles. The van der Waals surface area contributed by atoms with Crippen LogP contribution >= 0.6 is 11.3 Å². The number of nitrogens with zero attached hydrogens (tertiary/aromatic N) is 4. The second-order valence-corrected chi connectivity index (χ2v) is 8.93. The van der Waals surface area contributed by atoms with E-state index in [-0.39, 0.29) is 6.10 Å². The van der Waals surface area contributed by atoms with E-state index in [0.717, 1.165) is 44.7 Å². The Morgan fingerprint density at radius 1 is 1.23 bits per heavy atom. The highest BCUT2D eigenvalue weighted by molar-refractivity contribution is 7.18. The van der Waals surface area contributed by atoms with E-state index in [4.69, 9.17) is 23.9 Å². The number of hydrogen-bond donors (Lipinski definition) is 0. The molecule has 1 atom stereocenters. The number of methoxy groups -OCH3 is 2. The summed E-state index contributed by atoms with van der Waals surface area (Å²) in [6.45, 7) is 4.29. The monoisotopic (exact) mass is 490 g/mol. The standard InChI is InChI=1S/C26H26N4O4S/c1-5-18(27-16(2)17-9-7-6-8-10-17)15-33-22-11-19(31-3)12-23-20(22)13-24(34-23)21-14-30-25(28-21)35-26(29-30)32-4/h5-12,14,24H,13,15H2,1-4H3/b18-5-,27-16+. The average molecular weight is 491 g/mol. The van der Waals surface area contributed by atoms with Gasteiger partial charge in [0.05, 0.1) is 26.1 Å². The molecule has 1 aliphatic rings. The third-order valence-electron chi connectivity index (χ3n) is 5.80. The minimum atomic E-state index is -0.237. The van der Waals surface area contributed by atoms with Crippen molar-refractivity contribution >= 4 is 22.0 Å². The van der Waals surface area contributed by atoms with Gasteiger partial charge in [0.2, 0.25) is 4.96 Å². The second-order valence-electron chi connectivity index (χ2n) is 8.01. The van der Waals surface area contributed by atoms with Crippen LogP contribution in [0.3, 0.4) is 0 Å². The Bertz CT molecular complexity index is 1380. The molecule has 35 heavy (non-hydrogen) atoms. The number of imidazole rings is 1. The van der Waals surface area contributed by atoms with Crippen molar-refractivity contribution in [1.29, 1.82) is 0 Å². The Morgan fingerprint density at radius 2 is 2.06 bits per heavy atom. The molecule has 0 amide bonds. The summed E-state index contributed by atoms with van der Waals surface area (Å²) >= 11 is 1.39. The molecule has 0 fully saturated rings. The molecule has 8 nitrogen and oxygen atoms in total. The predicted octanol–water partition coefficient (Wildman–Crippen LogP) is 5.28. The molecule has 0 N–H and O–H groups in total. The maximum Gasteiger partial charge on any atom is 0.294 e. The van der Waals surface area contributed by atoms with E-state index in [2.05, 4.69) is 10.1 Å². The van der Waals surface area contributed by atoms with Crippen molar-refractivity contribution in [2.45, 2.75) is 26.4 Å². The Morgan fingerprint density at radius 3 is 2.77 bits per heavy atom. The molecule has 4 aromatic rings. The highest BCUT2D eigenvalue weighted by Crippen LogP contribution is 2.44. The summed E-state index contributed by atoms with van der Waals surface area (Å²) in [4.78, 5) is 10.2. The van der Waals surface area contributed by atoms with Crippen LogP contribution in [-0.2, 0) is 6.42 Å². The summed E-state index contributed by atoms with van der Waals surface area (Å²) in [6.07, 6.45) is 4.24. The van der Waals surface area contributed by atoms with Gasteiger partial charge in [-0.2, -0.15) is 0 Å². The summed E-state index contributed by atoms with van der Waals surface area (Å²) in [7, 11) is 3.23. The normalized spacial score (nSPS) is 15.7. The molecule has 3 heterocycles. The largest absolute Gasteiger partial charge is 0.496 e. The van der Waals surface area contributed by atoms with E-state index in [1.807, 2.05) is 68.6 Å². The topological polar surface area (TPSA) is 79.5 Å². The molecular weight excluding hydrogens is 464 g/mol. The Hall–Kier alpha value is -3.85. The van der Waals surface area contributed by atoms with Gasteiger partial charge < -0.3 is 18.9 Å². The van der Waals surface area contributed by atoms with Gasteiger partial charge in [-0.15, -0.1) is 5.10 Å². The number of hydrogen-bond acceptors (Lipinski definition) is 8. The SMILES string of the molecule is C/C=C(COc1cc(OC)cc2c1CC(c1cn3nc(OC)sc3n1)O2)\N=C(/C)c1ccccc1. The van der Waals surface area contributed by atoms with E-state index < -0.39 is 0 Å². The lowest BCUT2D eigenvalue weighted by molar-refractivity contribution is 0.233. The molecule has 5 rings (SSSR count). The number of fused-ring (bicyclic) bond motifs is 2. The molecule has 0 spiro atoms. The lowest BCUT2D eigenvalue weighted by atomic mass is 10.1. The van der Waals surface area contributed by atoms with E-state index in [1.165, 1.54) is 11.3 Å². The van der Waals surface area contributed by atoms with Gasteiger partial charge >= 0.3 is 0 Å². The van der Waals surface area contributed by atoms with Crippen LogP contribution in [0.15, 0.2) is 65.4 Å². The van der Waals surface area contributed by atoms with Gasteiger partial charge in [-0.1, -0.05) is 36.4 Å². The third-order valence-corrected chi connectivity index (χ3v) is 6.68. The maximum atomic E-state index is 6.25. The van der Waals surface area contributed by atoms with Gasteiger partial charge in [-0.25, -0.2) is 9.50 Å². The molecule has 0 bridgehead atoms. The summed E-state index contributed by atoms with van der Waals surface area (Å²) in [5.41, 5.74) is 4.65. The van der Waals surface area contributed by atoms with Gasteiger partial charge in [0, 0.05) is 29.8 Å². The first-order valence-electron chi connectivity index (χ1n) is 11.2. The van der Waals surface area contributed by atoms with Crippen molar-refractivity contribution in [2.24, 2.45) is 4.99 Å². The predicted molar refractivity (Wildman–Crippen MR) is 135 cm³/mol. The van der Waals surface area contributed by atoms with Gasteiger partial charge in [-0.05, 0) is 30.7 Å². The Kier molecular flexibility index (Phi) is 6.41. The zero-order chi connectivity index (χ0) is 24.4. The molecule has 9 heteroatoms. The smallest absolute Gasteiger partial charge is 0.294 e. The van der Waals surface area contributed by atoms with Crippen LogP contribution in [0, 0.1) is 0 Å². The molecule has 1 unspecified atom stereocenters. The van der Waals surface area contributed by atoms with Crippen LogP contribution in [0.25, 0.3) is 4.96 Å². The number of aromatic nitrogens is 3. The molecular formula is C26H26N4O4S. The molecule has 180 valence electrons. The summed E-state index contributed by atoms with van der Waals surface area (Å²) in [5, 5.41) is 4.92. The molecule has 2 aromatic heterocycles. The first-order chi connectivity index (χ1) is 17.1. The van der Waals surface area contributed by atoms with Crippen LogP contribution < -0.4 is 18.9 Å². The number of rotatable bonds is 8. The summed E-state index contributed by atoms with van der Waals surface area (Å²) < 4.78 is 24.9. The van der Waals surface area contributed by atoms with E-state index in [9.17, 15) is 0 Å². The van der Waals surface area contributed by atoms with Gasteiger partial charge in [-0.3, -0.25) is 4.99 Å². The van der Waals surface area contributed by atoms with Crippen LogP contribution in [0.1, 0.15) is 36.8 Å². The van der Waals surface area contributed by atoms with Crippen molar-refractivity contribution in [3.8, 4) is 22.4 Å². The van der Waals surface area contributed by atoms with Crippen LogP contribution in [-0.4, -0.2) is 41.1 Å². The zero-order valence-electron chi connectivity index (χ0n) is 20.0. The Balaban J connectivity index is 1.35. The number of ether oxygens (including phenoxy) is 4. The van der Waals surface area contributed by atoms with Gasteiger partial charge in [0.25, 0.3) is 5.19 Å². The average Bonchev–Trinajstić information content (AvgIpc) is 3.59. The first-order valence-corrected chi connectivity index (χ1v) is 12.1. The lowest BCUT2D eigenvalue weighted by Crippen LogP contribution is -2.05. The van der Waals surface area contributed by atoms with Crippen molar-refractivity contribution in [2.75, 3.05) is 20.8 Å². The van der Waals surface area contributed by atoms with Gasteiger partial charge in [0.1, 0.15) is 35.7 Å². The molecule has 0 saturated carbocycles. The second kappa shape index (κ2) is 9.79. The molecule has 2 aromatic carbocycles. The number of benzene rings is 2. The van der Waals surface area contributed by atoms with Crippen molar-refractivity contribution in [3.63, 3.8) is 0 Å². The summed E-state index contributed by atoms with van der Waals surface area (Å²) in [5.74, 6) is 2.12. The van der Waals surface area contributed by atoms with Crippen molar-refractivity contribution < 1.29 is 18.9 Å². The number of allylic oxidation sites excluding steroid dienone is 1. The minimum Gasteiger partial charge on any atom is -0.496 e. The van der Waals surface area contributed by atoms with E-state index in [0.29, 0.717) is 24.0 Å². The van der Waals surface area contributed by atoms with E-state index in [1.54, 1.807) is 18.7 Å². The first kappa shape index (κ1) is 22.9. The number of aliphatic imine (C=N–C) groups is 1. The summed E-state index contributed by atoms with van der Waals surface area (Å²) in [6, 6.07) is 13.9. The fourth-order valence-electron chi connectivity index (χ4n) is 3.92. The molecule has 0 radical (unpaired) electrons. The van der Waals surface area contributed by atoms with Crippen molar-refractivity contribution in [3.05, 3.63) is 77.3 Å². The molecule has 0 saturated heterocycles. The van der Waals surface area contributed by atoms with Crippen LogP contribution in [0.4, 0.5) is 0 Å². The van der Waals surface area contributed by atoms with Crippen LogP contribution in [0.2, 0.25) is 0 Å². The minimum absolute atomic E-state index is 0.237. The highest BCUT2D eigenvalue weighted by atomic mass is 32.1.